The van der Waals surface area contributed by atoms with Crippen LogP contribution in [0.5, 0.6) is 5.75 Å². The molecule has 0 aliphatic carbocycles. The summed E-state index contributed by atoms with van der Waals surface area (Å²) in [4.78, 5) is 33.8. The standard InChI is InChI=1S/C24H19FN2O4/c1-30-19-13-7-15(8-14-19)21-20-22(31-27(21)18-5-3-2-4-6-18)24(29)26(23(20)28)17-11-9-16(25)10-12-17/h2-14,20-22H,1H3/t20-,21+,22-/m1/s1. The number of carbonyl (C=O) groups excluding carboxylic acids is 2. The van der Waals surface area contributed by atoms with E-state index in [-0.39, 0.29) is 5.91 Å². The normalized spacial score (nSPS) is 22.7. The summed E-state index contributed by atoms with van der Waals surface area (Å²) in [6.07, 6.45) is -0.968. The van der Waals surface area contributed by atoms with Crippen LogP contribution in [-0.4, -0.2) is 25.0 Å². The molecule has 3 aromatic carbocycles. The molecule has 3 aromatic rings. The number of imide groups is 1. The maximum atomic E-state index is 13.4. The number of halogens is 1. The van der Waals surface area contributed by atoms with Gasteiger partial charge in [-0.3, -0.25) is 14.4 Å². The van der Waals surface area contributed by atoms with Crippen LogP contribution in [0, 0.1) is 11.7 Å². The Morgan fingerprint density at radius 2 is 1.52 bits per heavy atom. The maximum Gasteiger partial charge on any atom is 0.266 e. The number of hydrogen-bond donors (Lipinski definition) is 0. The maximum absolute atomic E-state index is 13.4. The molecule has 2 heterocycles. The lowest BCUT2D eigenvalue weighted by Crippen LogP contribution is -2.37. The zero-order chi connectivity index (χ0) is 21.5. The number of benzene rings is 3. The molecule has 0 aromatic heterocycles. The highest BCUT2D eigenvalue weighted by Crippen LogP contribution is 2.47. The molecule has 2 amide bonds. The summed E-state index contributed by atoms with van der Waals surface area (Å²) in [5.74, 6) is -1.33. The number of amides is 2. The van der Waals surface area contributed by atoms with Gasteiger partial charge in [-0.25, -0.2) is 14.4 Å². The minimum atomic E-state index is -0.968. The molecule has 2 aliphatic rings. The van der Waals surface area contributed by atoms with E-state index in [2.05, 4.69) is 0 Å². The Morgan fingerprint density at radius 3 is 2.16 bits per heavy atom. The second-order valence-electron chi connectivity index (χ2n) is 7.42. The molecule has 0 radical (unpaired) electrons. The summed E-state index contributed by atoms with van der Waals surface area (Å²) in [7, 11) is 1.58. The highest BCUT2D eigenvalue weighted by molar-refractivity contribution is 6.23. The number of hydrogen-bond acceptors (Lipinski definition) is 5. The summed E-state index contributed by atoms with van der Waals surface area (Å²) < 4.78 is 18.6. The smallest absolute Gasteiger partial charge is 0.266 e. The van der Waals surface area contributed by atoms with E-state index in [1.807, 2.05) is 54.6 Å². The Bertz CT molecular complexity index is 1120. The van der Waals surface area contributed by atoms with Gasteiger partial charge >= 0.3 is 0 Å². The highest BCUT2D eigenvalue weighted by atomic mass is 19.1. The summed E-state index contributed by atoms with van der Waals surface area (Å²) in [6, 6.07) is 21.5. The first kappa shape index (κ1) is 19.3. The summed E-state index contributed by atoms with van der Waals surface area (Å²) in [5.41, 5.74) is 1.89. The summed E-state index contributed by atoms with van der Waals surface area (Å²) in [5, 5.41) is 1.63. The van der Waals surface area contributed by atoms with Crippen molar-refractivity contribution in [3.05, 3.63) is 90.2 Å². The molecule has 3 atom stereocenters. The van der Waals surface area contributed by atoms with Gasteiger partial charge in [0.05, 0.1) is 24.5 Å². The number of anilines is 2. The van der Waals surface area contributed by atoms with Crippen LogP contribution in [0.15, 0.2) is 78.9 Å². The van der Waals surface area contributed by atoms with Gasteiger partial charge in [0.2, 0.25) is 5.91 Å². The molecule has 0 unspecified atom stereocenters. The third-order valence-electron chi connectivity index (χ3n) is 5.67. The van der Waals surface area contributed by atoms with Crippen LogP contribution < -0.4 is 14.7 Å². The van der Waals surface area contributed by atoms with Crippen molar-refractivity contribution >= 4 is 23.2 Å². The third kappa shape index (κ3) is 3.14. The molecule has 0 spiro atoms. The van der Waals surface area contributed by atoms with Gasteiger partial charge in [-0.05, 0) is 54.1 Å². The summed E-state index contributed by atoms with van der Waals surface area (Å²) in [6.45, 7) is 0. The number of fused-ring (bicyclic) bond motifs is 1. The van der Waals surface area contributed by atoms with Crippen molar-refractivity contribution in [3.8, 4) is 5.75 Å². The average molecular weight is 418 g/mol. The monoisotopic (exact) mass is 418 g/mol. The molecule has 6 nitrogen and oxygen atoms in total. The van der Waals surface area contributed by atoms with Gasteiger partial charge < -0.3 is 4.74 Å². The van der Waals surface area contributed by atoms with E-state index in [1.54, 1.807) is 12.2 Å². The Balaban J connectivity index is 1.57. The van der Waals surface area contributed by atoms with Gasteiger partial charge in [0.25, 0.3) is 5.91 Å². The minimum Gasteiger partial charge on any atom is -0.497 e. The Morgan fingerprint density at radius 1 is 0.839 bits per heavy atom. The van der Waals surface area contributed by atoms with Gasteiger partial charge in [-0.15, -0.1) is 0 Å². The Hall–Kier alpha value is -3.71. The van der Waals surface area contributed by atoms with Crippen LogP contribution >= 0.6 is 0 Å². The fraction of sp³-hybridized carbons (Fsp3) is 0.167. The van der Waals surface area contributed by atoms with Crippen LogP contribution in [0.25, 0.3) is 0 Å². The fourth-order valence-corrected chi connectivity index (χ4v) is 4.20. The molecule has 0 saturated carbocycles. The first-order valence-electron chi connectivity index (χ1n) is 9.87. The lowest BCUT2D eigenvalue weighted by atomic mass is 9.90. The first-order chi connectivity index (χ1) is 15.1. The molecule has 2 aliphatic heterocycles. The second kappa shape index (κ2) is 7.52. The van der Waals surface area contributed by atoms with Gasteiger partial charge in [0.1, 0.15) is 17.5 Å². The van der Waals surface area contributed by atoms with Crippen molar-refractivity contribution < 1.29 is 23.6 Å². The van der Waals surface area contributed by atoms with Crippen LogP contribution in [0.3, 0.4) is 0 Å². The van der Waals surface area contributed by atoms with E-state index in [0.29, 0.717) is 11.4 Å². The second-order valence-corrected chi connectivity index (χ2v) is 7.42. The zero-order valence-corrected chi connectivity index (χ0v) is 16.6. The van der Waals surface area contributed by atoms with Crippen molar-refractivity contribution in [1.29, 1.82) is 0 Å². The summed E-state index contributed by atoms with van der Waals surface area (Å²) >= 11 is 0. The molecule has 0 N–H and O–H groups in total. The Kier molecular flexibility index (Phi) is 4.67. The first-order valence-corrected chi connectivity index (χ1v) is 9.87. The number of hydroxylamine groups is 1. The van der Waals surface area contributed by atoms with Crippen LogP contribution in [0.2, 0.25) is 0 Å². The molecule has 0 bridgehead atoms. The van der Waals surface area contributed by atoms with Crippen LogP contribution in [0.4, 0.5) is 15.8 Å². The molecule has 2 saturated heterocycles. The number of rotatable bonds is 4. The molecule has 5 rings (SSSR count). The number of para-hydroxylation sites is 1. The highest BCUT2D eigenvalue weighted by Gasteiger charge is 2.60. The SMILES string of the molecule is COc1ccc([C@H]2[C@H]3C(=O)N(c4ccc(F)cc4)C(=O)[C@@H]3ON2c2ccccc2)cc1. The Labute approximate surface area is 178 Å². The van der Waals surface area contributed by atoms with E-state index in [1.165, 1.54) is 24.3 Å². The van der Waals surface area contributed by atoms with Crippen molar-refractivity contribution in [2.75, 3.05) is 17.1 Å². The number of ether oxygens (including phenoxy) is 1. The van der Waals surface area contributed by atoms with E-state index < -0.39 is 29.8 Å². The van der Waals surface area contributed by atoms with Gasteiger partial charge in [-0.2, -0.15) is 0 Å². The fourth-order valence-electron chi connectivity index (χ4n) is 4.20. The minimum absolute atomic E-state index is 0.328. The predicted molar refractivity (Wildman–Crippen MR) is 112 cm³/mol. The number of carbonyl (C=O) groups is 2. The lowest BCUT2D eigenvalue weighted by molar-refractivity contribution is -0.126. The van der Waals surface area contributed by atoms with Crippen molar-refractivity contribution in [2.45, 2.75) is 12.1 Å². The number of methoxy groups -OCH3 is 1. The molecule has 2 fully saturated rings. The van der Waals surface area contributed by atoms with Crippen molar-refractivity contribution in [1.82, 2.24) is 0 Å². The number of nitrogens with zero attached hydrogens (tertiary/aromatic N) is 2. The zero-order valence-electron chi connectivity index (χ0n) is 16.6. The van der Waals surface area contributed by atoms with E-state index >= 15 is 0 Å². The van der Waals surface area contributed by atoms with Gasteiger partial charge in [-0.1, -0.05) is 30.3 Å². The lowest BCUT2D eigenvalue weighted by Gasteiger charge is -2.28. The largest absolute Gasteiger partial charge is 0.497 e. The third-order valence-corrected chi connectivity index (χ3v) is 5.67. The van der Waals surface area contributed by atoms with Crippen molar-refractivity contribution in [3.63, 3.8) is 0 Å². The quantitative estimate of drug-likeness (QED) is 0.602. The predicted octanol–water partition coefficient (Wildman–Crippen LogP) is 3.89. The topological polar surface area (TPSA) is 59.1 Å². The molecule has 31 heavy (non-hydrogen) atoms. The van der Waals surface area contributed by atoms with Crippen LogP contribution in [0.1, 0.15) is 11.6 Å². The molecule has 7 heteroatoms. The molecular weight excluding hydrogens is 399 g/mol. The van der Waals surface area contributed by atoms with E-state index in [9.17, 15) is 14.0 Å². The van der Waals surface area contributed by atoms with Gasteiger partial charge in [0, 0.05) is 0 Å². The molecular formula is C24H19FN2O4. The van der Waals surface area contributed by atoms with Crippen molar-refractivity contribution in [2.24, 2.45) is 5.92 Å². The van der Waals surface area contributed by atoms with E-state index in [0.717, 1.165) is 16.2 Å². The van der Waals surface area contributed by atoms with Crippen LogP contribution in [-0.2, 0) is 14.4 Å². The molecule has 156 valence electrons. The van der Waals surface area contributed by atoms with Gasteiger partial charge in [0.15, 0.2) is 6.10 Å². The van der Waals surface area contributed by atoms with E-state index in [4.69, 9.17) is 9.57 Å². The average Bonchev–Trinajstić information content (AvgIpc) is 3.31.